The fraction of sp³-hybridized carbons (Fsp3) is 0.538. The second-order valence-corrected chi connectivity index (χ2v) is 4.85. The Labute approximate surface area is 96.2 Å². The van der Waals surface area contributed by atoms with E-state index in [1.807, 2.05) is 18.2 Å². The van der Waals surface area contributed by atoms with Crippen LogP contribution in [0.25, 0.3) is 0 Å². The van der Waals surface area contributed by atoms with Crippen LogP contribution in [-0.2, 0) is 6.54 Å². The van der Waals surface area contributed by atoms with E-state index in [2.05, 4.69) is 4.90 Å². The minimum atomic E-state index is 0.781. The highest BCUT2D eigenvalue weighted by Gasteiger charge is 2.26. The van der Waals surface area contributed by atoms with Crippen molar-refractivity contribution in [1.82, 2.24) is 4.90 Å². The van der Waals surface area contributed by atoms with Crippen molar-refractivity contribution >= 4 is 5.69 Å². The van der Waals surface area contributed by atoms with Crippen LogP contribution < -0.4 is 10.5 Å². The predicted molar refractivity (Wildman–Crippen MR) is 64.4 cm³/mol. The number of ether oxygens (including phenoxy) is 1. The molecule has 2 aliphatic rings. The number of hydrogen-bond donors (Lipinski definition) is 1. The molecule has 0 aromatic heterocycles. The Hall–Kier alpha value is -1.22. The first-order valence-electron chi connectivity index (χ1n) is 6.05. The van der Waals surface area contributed by atoms with Gasteiger partial charge < -0.3 is 10.5 Å². The summed E-state index contributed by atoms with van der Waals surface area (Å²) in [6.07, 6.45) is 2.79. The Morgan fingerprint density at radius 1 is 1.38 bits per heavy atom. The number of nitrogens with zero attached hydrogens (tertiary/aromatic N) is 1. The molecule has 86 valence electrons. The van der Waals surface area contributed by atoms with Gasteiger partial charge in [0.05, 0.1) is 0 Å². The van der Waals surface area contributed by atoms with E-state index in [-0.39, 0.29) is 0 Å². The molecule has 0 radical (unpaired) electrons. The molecule has 2 N–H and O–H groups in total. The Bertz CT molecular complexity index is 388. The molecule has 1 heterocycles. The molecule has 1 aliphatic heterocycles. The summed E-state index contributed by atoms with van der Waals surface area (Å²) < 4.78 is 5.74. The maximum atomic E-state index is 6.01. The number of fused-ring (bicyclic) bond motifs is 1. The first-order chi connectivity index (χ1) is 7.83. The lowest BCUT2D eigenvalue weighted by Crippen LogP contribution is -2.28. The highest BCUT2D eigenvalue weighted by molar-refractivity contribution is 5.54. The smallest absolute Gasteiger partial charge is 0.125 e. The van der Waals surface area contributed by atoms with Gasteiger partial charge in [-0.1, -0.05) is 6.07 Å². The van der Waals surface area contributed by atoms with E-state index in [1.165, 1.54) is 24.9 Å². The molecule has 3 rings (SSSR count). The van der Waals surface area contributed by atoms with E-state index in [4.69, 9.17) is 10.5 Å². The third-order valence-electron chi connectivity index (χ3n) is 3.43. The lowest BCUT2D eigenvalue weighted by Gasteiger charge is -2.19. The summed E-state index contributed by atoms with van der Waals surface area (Å²) in [7, 11) is 0. The zero-order valence-corrected chi connectivity index (χ0v) is 9.48. The highest BCUT2D eigenvalue weighted by atomic mass is 16.5. The average molecular weight is 218 g/mol. The van der Waals surface area contributed by atoms with Crippen LogP contribution in [-0.4, -0.2) is 24.6 Å². The van der Waals surface area contributed by atoms with Crippen LogP contribution in [0.2, 0.25) is 0 Å². The van der Waals surface area contributed by atoms with Crippen LogP contribution in [0.15, 0.2) is 18.2 Å². The number of nitrogens with two attached hydrogens (primary N) is 1. The minimum absolute atomic E-state index is 0.781. The second kappa shape index (κ2) is 3.98. The molecular formula is C13H18N2O. The van der Waals surface area contributed by atoms with Crippen molar-refractivity contribution in [2.75, 3.05) is 25.4 Å². The van der Waals surface area contributed by atoms with E-state index in [9.17, 15) is 0 Å². The molecule has 3 heteroatoms. The molecule has 0 atom stereocenters. The molecule has 0 unspecified atom stereocenters. The highest BCUT2D eigenvalue weighted by Crippen LogP contribution is 2.33. The normalized spacial score (nSPS) is 21.0. The summed E-state index contributed by atoms with van der Waals surface area (Å²) in [5.41, 5.74) is 8.04. The van der Waals surface area contributed by atoms with Gasteiger partial charge in [-0.15, -0.1) is 0 Å². The molecular weight excluding hydrogens is 200 g/mol. The molecule has 0 spiro atoms. The minimum Gasteiger partial charge on any atom is -0.492 e. The molecule has 3 nitrogen and oxygen atoms in total. The van der Waals surface area contributed by atoms with Crippen LogP contribution in [0.3, 0.4) is 0 Å². The van der Waals surface area contributed by atoms with Crippen LogP contribution in [0, 0.1) is 5.92 Å². The molecule has 1 fully saturated rings. The Balaban J connectivity index is 1.81. The fourth-order valence-electron chi connectivity index (χ4n) is 2.30. The van der Waals surface area contributed by atoms with Gasteiger partial charge in [-0.3, -0.25) is 4.90 Å². The quantitative estimate of drug-likeness (QED) is 0.770. The molecule has 0 bridgehead atoms. The van der Waals surface area contributed by atoms with Crippen LogP contribution in [0.4, 0.5) is 5.69 Å². The molecule has 1 saturated carbocycles. The topological polar surface area (TPSA) is 38.5 Å². The largest absolute Gasteiger partial charge is 0.492 e. The third-order valence-corrected chi connectivity index (χ3v) is 3.43. The van der Waals surface area contributed by atoms with Crippen molar-refractivity contribution < 1.29 is 4.74 Å². The Morgan fingerprint density at radius 2 is 2.25 bits per heavy atom. The van der Waals surface area contributed by atoms with Gasteiger partial charge >= 0.3 is 0 Å². The van der Waals surface area contributed by atoms with Crippen LogP contribution in [0.1, 0.15) is 18.4 Å². The third kappa shape index (κ3) is 2.00. The van der Waals surface area contributed by atoms with Crippen LogP contribution >= 0.6 is 0 Å². The monoisotopic (exact) mass is 218 g/mol. The molecule has 0 amide bonds. The van der Waals surface area contributed by atoms with Gasteiger partial charge in [0.25, 0.3) is 0 Å². The van der Waals surface area contributed by atoms with E-state index in [1.54, 1.807) is 0 Å². The van der Waals surface area contributed by atoms with Crippen molar-refractivity contribution in [2.24, 2.45) is 5.92 Å². The van der Waals surface area contributed by atoms with Gasteiger partial charge in [0, 0.05) is 30.9 Å². The first-order valence-corrected chi connectivity index (χ1v) is 6.05. The van der Waals surface area contributed by atoms with Crippen molar-refractivity contribution in [2.45, 2.75) is 19.4 Å². The predicted octanol–water partition coefficient (Wildman–Crippen LogP) is 1.87. The van der Waals surface area contributed by atoms with Gasteiger partial charge in [0.2, 0.25) is 0 Å². The van der Waals surface area contributed by atoms with E-state index >= 15 is 0 Å². The molecule has 0 saturated heterocycles. The second-order valence-electron chi connectivity index (χ2n) is 4.85. The van der Waals surface area contributed by atoms with Crippen molar-refractivity contribution in [1.29, 1.82) is 0 Å². The van der Waals surface area contributed by atoms with Gasteiger partial charge in [0.15, 0.2) is 0 Å². The van der Waals surface area contributed by atoms with Gasteiger partial charge in [0.1, 0.15) is 12.4 Å². The van der Waals surface area contributed by atoms with E-state index < -0.39 is 0 Å². The van der Waals surface area contributed by atoms with E-state index in [0.29, 0.717) is 0 Å². The zero-order valence-electron chi connectivity index (χ0n) is 9.48. The van der Waals surface area contributed by atoms with Gasteiger partial charge in [-0.2, -0.15) is 0 Å². The Morgan fingerprint density at radius 3 is 3.06 bits per heavy atom. The van der Waals surface area contributed by atoms with Crippen molar-refractivity contribution in [3.05, 3.63) is 23.8 Å². The lowest BCUT2D eigenvalue weighted by atomic mass is 10.1. The number of anilines is 1. The zero-order chi connectivity index (χ0) is 11.0. The Kier molecular flexibility index (Phi) is 2.48. The van der Waals surface area contributed by atoms with E-state index in [0.717, 1.165) is 37.1 Å². The van der Waals surface area contributed by atoms with Gasteiger partial charge in [-0.25, -0.2) is 0 Å². The summed E-state index contributed by atoms with van der Waals surface area (Å²) >= 11 is 0. The summed E-state index contributed by atoms with van der Waals surface area (Å²) in [4.78, 5) is 2.47. The number of hydrogen-bond acceptors (Lipinski definition) is 3. The summed E-state index contributed by atoms with van der Waals surface area (Å²) in [5.74, 6) is 1.89. The maximum Gasteiger partial charge on any atom is 0.125 e. The lowest BCUT2D eigenvalue weighted by molar-refractivity contribution is 0.219. The SMILES string of the molecule is Nc1cccc2c1CN(CC1CC1)CCO2. The molecule has 1 aliphatic carbocycles. The summed E-state index contributed by atoms with van der Waals surface area (Å²) in [5, 5.41) is 0. The first kappa shape index (κ1) is 9.97. The number of rotatable bonds is 2. The maximum absolute atomic E-state index is 6.01. The average Bonchev–Trinajstić information content (AvgIpc) is 3.06. The fourth-order valence-corrected chi connectivity index (χ4v) is 2.30. The standard InChI is InChI=1S/C13H18N2O/c14-12-2-1-3-13-11(12)9-15(6-7-16-13)8-10-4-5-10/h1-3,10H,4-9,14H2. The summed E-state index contributed by atoms with van der Waals surface area (Å²) in [6.45, 7) is 3.95. The van der Waals surface area contributed by atoms with Crippen LogP contribution in [0.5, 0.6) is 5.75 Å². The summed E-state index contributed by atoms with van der Waals surface area (Å²) in [6, 6.07) is 5.94. The molecule has 16 heavy (non-hydrogen) atoms. The molecule has 1 aromatic rings. The van der Waals surface area contributed by atoms with Gasteiger partial charge in [-0.05, 0) is 30.9 Å². The van der Waals surface area contributed by atoms with Crippen molar-refractivity contribution in [3.8, 4) is 5.75 Å². The van der Waals surface area contributed by atoms with Crippen molar-refractivity contribution in [3.63, 3.8) is 0 Å². The number of benzene rings is 1. The molecule has 1 aromatic carbocycles. The number of nitrogen functional groups attached to an aromatic ring is 1.